The van der Waals surface area contributed by atoms with Crippen LogP contribution >= 0.6 is 0 Å². The molecule has 0 saturated carbocycles. The van der Waals surface area contributed by atoms with Gasteiger partial charge < -0.3 is 26.6 Å². The van der Waals surface area contributed by atoms with Crippen molar-refractivity contribution in [1.82, 2.24) is 15.0 Å². The van der Waals surface area contributed by atoms with E-state index in [1.54, 1.807) is 18.2 Å². The van der Waals surface area contributed by atoms with Crippen LogP contribution in [0.15, 0.2) is 24.4 Å². The van der Waals surface area contributed by atoms with Crippen LogP contribution in [0.5, 0.6) is 5.75 Å². The molecule has 6 N–H and O–H groups in total. The molecule has 9 heteroatoms. The molecule has 0 aliphatic heterocycles. The number of aliphatic hydroxyl groups is 1. The van der Waals surface area contributed by atoms with Crippen LogP contribution in [0.25, 0.3) is 0 Å². The second-order valence-electron chi connectivity index (χ2n) is 6.10. The van der Waals surface area contributed by atoms with Gasteiger partial charge in [-0.05, 0) is 25.0 Å². The molecule has 0 radical (unpaired) electrons. The molecule has 0 spiro atoms. The summed E-state index contributed by atoms with van der Waals surface area (Å²) in [4.78, 5) is 23.6. The van der Waals surface area contributed by atoms with Crippen molar-refractivity contribution in [2.75, 3.05) is 17.7 Å². The monoisotopic (exact) mass is 374 g/mol. The summed E-state index contributed by atoms with van der Waals surface area (Å²) >= 11 is 0. The zero-order valence-electron chi connectivity index (χ0n) is 15.4. The molecular formula is C18H26N6O3. The number of aliphatic hydroxyl groups excluding tert-OH is 1. The van der Waals surface area contributed by atoms with E-state index in [0.717, 1.165) is 19.3 Å². The largest absolute Gasteiger partial charge is 0.482 e. The summed E-state index contributed by atoms with van der Waals surface area (Å²) in [7, 11) is 0. The Kier molecular flexibility index (Phi) is 7.75. The second-order valence-corrected chi connectivity index (χ2v) is 6.10. The number of carbonyl (C=O) groups is 1. The fourth-order valence-electron chi connectivity index (χ4n) is 2.53. The summed E-state index contributed by atoms with van der Waals surface area (Å²) in [5.74, 6) is 0.396. The van der Waals surface area contributed by atoms with Gasteiger partial charge in [-0.3, -0.25) is 4.79 Å². The number of ether oxygens (including phenoxy) is 1. The Hall–Kier alpha value is -2.94. The number of hydrogen-bond donors (Lipinski definition) is 4. The van der Waals surface area contributed by atoms with Crippen LogP contribution in [-0.4, -0.2) is 38.6 Å². The number of rotatable bonds is 11. The first-order valence-corrected chi connectivity index (χ1v) is 8.92. The number of hydrogen-bond acceptors (Lipinski definition) is 8. The number of nitrogen functional groups attached to an aromatic ring is 1. The molecular weight excluding hydrogens is 348 g/mol. The molecule has 0 saturated heterocycles. The number of nitrogens with one attached hydrogen (secondary N) is 1. The van der Waals surface area contributed by atoms with Crippen LogP contribution in [0.1, 0.15) is 48.8 Å². The molecule has 0 unspecified atom stereocenters. The fraction of sp³-hybridized carbons (Fsp3) is 0.444. The number of nitrogens with two attached hydrogens (primary N) is 2. The molecule has 146 valence electrons. The SMILES string of the molecule is CCCC[C@@H](CCO)Nc1nc(N)ncc1OCc1cccc(C(N)=O)n1. The molecule has 1 atom stereocenters. The topological polar surface area (TPSA) is 149 Å². The van der Waals surface area contributed by atoms with Gasteiger partial charge in [-0.25, -0.2) is 9.97 Å². The first-order valence-electron chi connectivity index (χ1n) is 8.92. The highest BCUT2D eigenvalue weighted by molar-refractivity contribution is 5.90. The Morgan fingerprint density at radius 1 is 1.33 bits per heavy atom. The summed E-state index contributed by atoms with van der Waals surface area (Å²) in [6.07, 6.45) is 5.05. The Balaban J connectivity index is 2.12. The van der Waals surface area contributed by atoms with Crippen LogP contribution in [0, 0.1) is 0 Å². The van der Waals surface area contributed by atoms with E-state index in [2.05, 4.69) is 27.2 Å². The van der Waals surface area contributed by atoms with Crippen molar-refractivity contribution in [1.29, 1.82) is 0 Å². The fourth-order valence-corrected chi connectivity index (χ4v) is 2.53. The minimum Gasteiger partial charge on any atom is -0.482 e. The molecule has 27 heavy (non-hydrogen) atoms. The smallest absolute Gasteiger partial charge is 0.267 e. The standard InChI is InChI=1S/C18H26N6O3/c1-2-3-5-12(8-9-25)23-17-15(10-21-18(20)24-17)27-11-13-6-4-7-14(22-13)16(19)26/h4,6-7,10,12,25H,2-3,5,8-9,11H2,1H3,(H2,19,26)(H3,20,21,23,24)/t12-/m0/s1. The molecule has 2 aromatic rings. The average Bonchev–Trinajstić information content (AvgIpc) is 2.66. The number of pyridine rings is 1. The third kappa shape index (κ3) is 6.37. The predicted octanol–water partition coefficient (Wildman–Crippen LogP) is 1.48. The van der Waals surface area contributed by atoms with Crippen molar-refractivity contribution in [3.8, 4) is 5.75 Å². The first-order chi connectivity index (χ1) is 13.0. The third-order valence-electron chi connectivity index (χ3n) is 3.93. The van der Waals surface area contributed by atoms with Crippen LogP contribution in [0.3, 0.4) is 0 Å². The number of aromatic nitrogens is 3. The van der Waals surface area contributed by atoms with E-state index in [4.69, 9.17) is 16.2 Å². The zero-order valence-corrected chi connectivity index (χ0v) is 15.4. The van der Waals surface area contributed by atoms with Crippen molar-refractivity contribution in [2.24, 2.45) is 5.73 Å². The van der Waals surface area contributed by atoms with E-state index in [0.29, 0.717) is 23.7 Å². The van der Waals surface area contributed by atoms with E-state index in [1.165, 1.54) is 6.20 Å². The Labute approximate surface area is 158 Å². The first kappa shape index (κ1) is 20.4. The lowest BCUT2D eigenvalue weighted by Crippen LogP contribution is -2.22. The van der Waals surface area contributed by atoms with Gasteiger partial charge in [0.05, 0.1) is 11.9 Å². The number of unbranched alkanes of at least 4 members (excludes halogenated alkanes) is 1. The lowest BCUT2D eigenvalue weighted by Gasteiger charge is -2.20. The van der Waals surface area contributed by atoms with Gasteiger partial charge in [-0.2, -0.15) is 4.98 Å². The average molecular weight is 374 g/mol. The van der Waals surface area contributed by atoms with Gasteiger partial charge in [0.15, 0.2) is 11.6 Å². The molecule has 0 aromatic carbocycles. The van der Waals surface area contributed by atoms with E-state index >= 15 is 0 Å². The molecule has 2 rings (SSSR count). The van der Waals surface area contributed by atoms with Crippen molar-refractivity contribution in [3.05, 3.63) is 35.8 Å². The summed E-state index contributed by atoms with van der Waals surface area (Å²) in [5, 5.41) is 12.6. The summed E-state index contributed by atoms with van der Waals surface area (Å²) in [6.45, 7) is 2.30. The molecule has 2 aromatic heterocycles. The maximum Gasteiger partial charge on any atom is 0.267 e. The molecule has 0 fully saturated rings. The van der Waals surface area contributed by atoms with Gasteiger partial charge in [-0.1, -0.05) is 25.8 Å². The number of anilines is 2. The highest BCUT2D eigenvalue weighted by Crippen LogP contribution is 2.25. The van der Waals surface area contributed by atoms with E-state index < -0.39 is 5.91 Å². The van der Waals surface area contributed by atoms with Gasteiger partial charge in [0.1, 0.15) is 12.3 Å². The van der Waals surface area contributed by atoms with Gasteiger partial charge in [0.25, 0.3) is 5.91 Å². The number of nitrogens with zero attached hydrogens (tertiary/aromatic N) is 3. The highest BCUT2D eigenvalue weighted by Gasteiger charge is 2.14. The Morgan fingerprint density at radius 2 is 2.15 bits per heavy atom. The van der Waals surface area contributed by atoms with Crippen LogP contribution in [0.2, 0.25) is 0 Å². The molecule has 0 aliphatic rings. The maximum atomic E-state index is 11.2. The van der Waals surface area contributed by atoms with Crippen molar-refractivity contribution in [3.63, 3.8) is 0 Å². The number of primary amides is 1. The third-order valence-corrected chi connectivity index (χ3v) is 3.93. The molecule has 2 heterocycles. The van der Waals surface area contributed by atoms with Gasteiger partial charge in [0, 0.05) is 12.6 Å². The molecule has 1 amide bonds. The van der Waals surface area contributed by atoms with Crippen molar-refractivity contribution < 1.29 is 14.6 Å². The van der Waals surface area contributed by atoms with Crippen LogP contribution < -0.4 is 21.5 Å². The number of amides is 1. The second kappa shape index (κ2) is 10.3. The van der Waals surface area contributed by atoms with E-state index in [9.17, 15) is 9.90 Å². The quantitative estimate of drug-likeness (QED) is 0.462. The van der Waals surface area contributed by atoms with Crippen molar-refractivity contribution in [2.45, 2.75) is 45.3 Å². The maximum absolute atomic E-state index is 11.2. The van der Waals surface area contributed by atoms with E-state index in [1.807, 2.05) is 0 Å². The normalized spacial score (nSPS) is 11.8. The van der Waals surface area contributed by atoms with Crippen molar-refractivity contribution >= 4 is 17.7 Å². The van der Waals surface area contributed by atoms with Crippen LogP contribution in [0.4, 0.5) is 11.8 Å². The lowest BCUT2D eigenvalue weighted by atomic mass is 10.1. The lowest BCUT2D eigenvalue weighted by molar-refractivity contribution is 0.0995. The Morgan fingerprint density at radius 3 is 2.85 bits per heavy atom. The zero-order chi connectivity index (χ0) is 19.6. The predicted molar refractivity (Wildman–Crippen MR) is 102 cm³/mol. The van der Waals surface area contributed by atoms with E-state index in [-0.39, 0.29) is 30.9 Å². The minimum atomic E-state index is -0.599. The van der Waals surface area contributed by atoms with Crippen LogP contribution in [-0.2, 0) is 6.61 Å². The Bertz CT molecular complexity index is 756. The van der Waals surface area contributed by atoms with Gasteiger partial charge in [0.2, 0.25) is 5.95 Å². The molecule has 9 nitrogen and oxygen atoms in total. The summed E-state index contributed by atoms with van der Waals surface area (Å²) in [5.41, 5.74) is 11.7. The van der Waals surface area contributed by atoms with Gasteiger partial charge >= 0.3 is 0 Å². The highest BCUT2D eigenvalue weighted by atomic mass is 16.5. The molecule has 0 aliphatic carbocycles. The summed E-state index contributed by atoms with van der Waals surface area (Å²) < 4.78 is 5.78. The number of carbonyl (C=O) groups excluding carboxylic acids is 1. The molecule has 0 bridgehead atoms. The summed E-state index contributed by atoms with van der Waals surface area (Å²) in [6, 6.07) is 5.00. The minimum absolute atomic E-state index is 0.0444. The van der Waals surface area contributed by atoms with Gasteiger partial charge in [-0.15, -0.1) is 0 Å².